The van der Waals surface area contributed by atoms with Gasteiger partial charge in [0.2, 0.25) is 5.91 Å². The topological polar surface area (TPSA) is 67.6 Å². The third-order valence-corrected chi connectivity index (χ3v) is 6.08. The molecule has 2 aliphatic heterocycles. The highest BCUT2D eigenvalue weighted by molar-refractivity contribution is 6.05. The first-order chi connectivity index (χ1) is 16.8. The van der Waals surface area contributed by atoms with E-state index in [0.717, 1.165) is 27.4 Å². The van der Waals surface area contributed by atoms with Gasteiger partial charge in [0.25, 0.3) is 0 Å². The van der Waals surface area contributed by atoms with Crippen molar-refractivity contribution in [2.45, 2.75) is 25.9 Å². The van der Waals surface area contributed by atoms with Gasteiger partial charge in [0.1, 0.15) is 13.1 Å². The molecule has 0 bridgehead atoms. The van der Waals surface area contributed by atoms with Crippen molar-refractivity contribution in [2.75, 3.05) is 18.0 Å². The molecule has 2 aromatic carbocycles. The number of anilines is 1. The minimum absolute atomic E-state index is 0.314. The van der Waals surface area contributed by atoms with Crippen LogP contribution in [0.2, 0.25) is 0 Å². The first-order valence-electron chi connectivity index (χ1n) is 11.2. The predicted octanol–water partition coefficient (Wildman–Crippen LogP) is 4.43. The smallest absolute Gasteiger partial charge is 0.319 e. The summed E-state index contributed by atoms with van der Waals surface area (Å²) in [4.78, 5) is 18.3. The molecular formula is C25H23F3N6O. The normalized spacial score (nSPS) is 19.4. The Kier molecular flexibility index (Phi) is 5.88. The number of carbonyl (C=O) groups excluding carboxylic acids is 1. The number of rotatable bonds is 4. The van der Waals surface area contributed by atoms with Crippen LogP contribution in [0.4, 0.5) is 18.9 Å². The van der Waals surface area contributed by atoms with Gasteiger partial charge in [0.15, 0.2) is 5.71 Å². The van der Waals surface area contributed by atoms with Gasteiger partial charge in [-0.05, 0) is 55.7 Å². The number of alkyl halides is 3. The second-order valence-electron chi connectivity index (χ2n) is 8.67. The average Bonchev–Trinajstić information content (AvgIpc) is 3.46. The van der Waals surface area contributed by atoms with Crippen molar-refractivity contribution >= 4 is 23.5 Å². The molecule has 7 nitrogen and oxygen atoms in total. The molecule has 0 N–H and O–H groups in total. The number of amides is 1. The zero-order chi connectivity index (χ0) is 24.6. The quantitative estimate of drug-likeness (QED) is 0.519. The molecule has 10 heteroatoms. The lowest BCUT2D eigenvalue weighted by Crippen LogP contribution is -2.42. The predicted molar refractivity (Wildman–Crippen MR) is 126 cm³/mol. The molecule has 180 valence electrons. The van der Waals surface area contributed by atoms with E-state index >= 15 is 0 Å². The molecule has 3 heterocycles. The van der Waals surface area contributed by atoms with E-state index in [0.29, 0.717) is 30.8 Å². The van der Waals surface area contributed by atoms with E-state index in [1.54, 1.807) is 36.8 Å². The Morgan fingerprint density at radius 3 is 2.66 bits per heavy atom. The van der Waals surface area contributed by atoms with Gasteiger partial charge >= 0.3 is 6.18 Å². The summed E-state index contributed by atoms with van der Waals surface area (Å²) in [7, 11) is 0. The standard InChI is InChI=1S/C25H23F3N6O/c1-17-12-32(16-29-17)21-10-8-18(9-11-21)22-14-33(31-30-22)13-20-7-6-19-4-2-3-5-23(19)34(24(20)35)15-25(26,27)28/h2-5,8-13,16,20H,6-7,14-15H2,1H3/b33-13+. The number of para-hydroxylation sites is 1. The highest BCUT2D eigenvalue weighted by atomic mass is 19.4. The maximum Gasteiger partial charge on any atom is 0.406 e. The summed E-state index contributed by atoms with van der Waals surface area (Å²) < 4.78 is 43.3. The van der Waals surface area contributed by atoms with Crippen LogP contribution in [0.5, 0.6) is 0 Å². The molecule has 0 radical (unpaired) electrons. The number of benzene rings is 2. The lowest BCUT2D eigenvalue weighted by atomic mass is 10.0. The maximum atomic E-state index is 13.3. The Balaban J connectivity index is 1.33. The van der Waals surface area contributed by atoms with Crippen molar-refractivity contribution in [3.05, 3.63) is 83.4 Å². The summed E-state index contributed by atoms with van der Waals surface area (Å²) in [5.74, 6) is -1.33. The second kappa shape index (κ2) is 9.01. The zero-order valence-corrected chi connectivity index (χ0v) is 19.0. The number of halogens is 3. The van der Waals surface area contributed by atoms with Crippen molar-refractivity contribution < 1.29 is 22.7 Å². The monoisotopic (exact) mass is 480 g/mol. The Hall–Kier alpha value is -3.95. The highest BCUT2D eigenvalue weighted by Gasteiger charge is 2.38. The van der Waals surface area contributed by atoms with E-state index in [1.165, 1.54) is 4.68 Å². The van der Waals surface area contributed by atoms with Crippen LogP contribution in [0.25, 0.3) is 11.2 Å². The molecule has 2 aliphatic rings. The average molecular weight is 480 g/mol. The van der Waals surface area contributed by atoms with E-state index < -0.39 is 24.5 Å². The molecule has 0 spiro atoms. The summed E-state index contributed by atoms with van der Waals surface area (Å²) in [5, 5.41) is 4.24. The van der Waals surface area contributed by atoms with E-state index in [4.69, 9.17) is 0 Å². The number of fused-ring (bicyclic) bond motifs is 1. The van der Waals surface area contributed by atoms with Crippen molar-refractivity contribution in [2.24, 2.45) is 11.0 Å². The van der Waals surface area contributed by atoms with Gasteiger partial charge < -0.3 is 19.7 Å². The van der Waals surface area contributed by atoms with Crippen LogP contribution < -0.4 is 4.90 Å². The van der Waals surface area contributed by atoms with Crippen molar-refractivity contribution in [3.63, 3.8) is 0 Å². The van der Waals surface area contributed by atoms with Gasteiger partial charge in [0.05, 0.1) is 24.2 Å². The third-order valence-electron chi connectivity index (χ3n) is 6.08. The third kappa shape index (κ3) is 4.96. The van der Waals surface area contributed by atoms with E-state index in [2.05, 4.69) is 15.6 Å². The Bertz CT molecular complexity index is 1310. The molecule has 0 saturated carbocycles. The van der Waals surface area contributed by atoms with E-state index in [1.807, 2.05) is 42.0 Å². The van der Waals surface area contributed by atoms with E-state index in [-0.39, 0.29) is 0 Å². The van der Waals surface area contributed by atoms with Gasteiger partial charge in [-0.15, -0.1) is 5.10 Å². The minimum atomic E-state index is -4.51. The lowest BCUT2D eigenvalue weighted by molar-refractivity contribution is -0.452. The molecule has 0 saturated heterocycles. The van der Waals surface area contributed by atoms with Gasteiger partial charge in [-0.3, -0.25) is 4.79 Å². The van der Waals surface area contributed by atoms with Gasteiger partial charge in [-0.1, -0.05) is 18.2 Å². The zero-order valence-electron chi connectivity index (χ0n) is 19.0. The van der Waals surface area contributed by atoms with Crippen LogP contribution in [0, 0.1) is 12.8 Å². The first kappa shape index (κ1) is 22.8. The Labute approximate surface area is 200 Å². The summed E-state index contributed by atoms with van der Waals surface area (Å²) in [6.45, 7) is 0.930. The van der Waals surface area contributed by atoms with Crippen molar-refractivity contribution in [1.29, 1.82) is 0 Å². The second-order valence-corrected chi connectivity index (χ2v) is 8.67. The van der Waals surface area contributed by atoms with Crippen LogP contribution >= 0.6 is 0 Å². The minimum Gasteiger partial charge on any atom is -0.319 e. The lowest BCUT2D eigenvalue weighted by Gasteiger charge is -2.26. The van der Waals surface area contributed by atoms with Crippen LogP contribution in [0.15, 0.2) is 66.2 Å². The molecule has 3 aromatic rings. The fraction of sp³-hybridized carbons (Fsp3) is 0.280. The summed E-state index contributed by atoms with van der Waals surface area (Å²) in [5.41, 5.74) is 8.66. The fourth-order valence-corrected chi connectivity index (χ4v) is 4.38. The summed E-state index contributed by atoms with van der Waals surface area (Å²) >= 11 is 0. The van der Waals surface area contributed by atoms with Crippen LogP contribution in [-0.4, -0.2) is 51.3 Å². The molecule has 1 amide bonds. The van der Waals surface area contributed by atoms with Gasteiger partial charge in [-0.25, -0.2) is 4.98 Å². The fourth-order valence-electron chi connectivity index (χ4n) is 4.38. The number of imidazole rings is 1. The maximum absolute atomic E-state index is 13.3. The molecule has 0 fully saturated rings. The largest absolute Gasteiger partial charge is 0.406 e. The van der Waals surface area contributed by atoms with Crippen LogP contribution in [0.3, 0.4) is 0 Å². The number of nitrogens with zero attached hydrogens (tertiary/aromatic N) is 6. The number of hydrogen-bond donors (Lipinski definition) is 0. The molecular weight excluding hydrogens is 457 g/mol. The molecule has 35 heavy (non-hydrogen) atoms. The molecule has 5 rings (SSSR count). The Morgan fingerprint density at radius 2 is 1.94 bits per heavy atom. The summed E-state index contributed by atoms with van der Waals surface area (Å²) in [6.07, 6.45) is 1.65. The number of hydrogen-bond acceptors (Lipinski definition) is 3. The van der Waals surface area contributed by atoms with Gasteiger partial charge in [-0.2, -0.15) is 13.2 Å². The summed E-state index contributed by atoms with van der Waals surface area (Å²) in [6, 6.07) is 14.5. The molecule has 0 aliphatic carbocycles. The Morgan fingerprint density at radius 1 is 1.17 bits per heavy atom. The number of carbonyl (C=O) groups is 1. The molecule has 1 unspecified atom stereocenters. The van der Waals surface area contributed by atoms with Crippen molar-refractivity contribution in [1.82, 2.24) is 9.55 Å². The van der Waals surface area contributed by atoms with Gasteiger partial charge in [0, 0.05) is 23.1 Å². The van der Waals surface area contributed by atoms with E-state index in [9.17, 15) is 18.0 Å². The SMILES string of the molecule is Cc1cn(-c2ccc(C3=N[N-]/[N+](=C/C4CCc5ccccc5N(CC(F)(F)F)C4=O)C3)cc2)cn1. The highest BCUT2D eigenvalue weighted by Crippen LogP contribution is 2.31. The van der Waals surface area contributed by atoms with Crippen LogP contribution in [0.1, 0.15) is 23.2 Å². The molecule has 1 atom stereocenters. The number of aryl methyl sites for hydroxylation is 2. The molecule has 1 aromatic heterocycles. The van der Waals surface area contributed by atoms with Crippen molar-refractivity contribution in [3.8, 4) is 5.69 Å². The number of aromatic nitrogens is 2. The van der Waals surface area contributed by atoms with Crippen LogP contribution in [-0.2, 0) is 11.2 Å². The first-order valence-corrected chi connectivity index (χ1v) is 11.2.